The maximum Gasteiger partial charge on any atom is 0.252 e. The van der Waals surface area contributed by atoms with Gasteiger partial charge < -0.3 is 10.6 Å². The second-order valence-electron chi connectivity index (χ2n) is 4.85. The van der Waals surface area contributed by atoms with Crippen LogP contribution in [0.5, 0.6) is 0 Å². The van der Waals surface area contributed by atoms with E-state index in [1.807, 2.05) is 6.92 Å². The highest BCUT2D eigenvalue weighted by molar-refractivity contribution is 5.98. The van der Waals surface area contributed by atoms with E-state index < -0.39 is 17.3 Å². The fourth-order valence-electron chi connectivity index (χ4n) is 1.50. The Balaban J connectivity index is 2.72. The van der Waals surface area contributed by atoms with Crippen molar-refractivity contribution in [3.63, 3.8) is 0 Å². The van der Waals surface area contributed by atoms with Crippen molar-refractivity contribution in [1.82, 2.24) is 10.6 Å². The molecule has 0 heterocycles. The zero-order valence-corrected chi connectivity index (χ0v) is 11.4. The summed E-state index contributed by atoms with van der Waals surface area (Å²) < 4.78 is 13.0. The van der Waals surface area contributed by atoms with Crippen LogP contribution in [-0.4, -0.2) is 23.9 Å². The number of benzene rings is 1. The molecule has 0 aliphatic carbocycles. The van der Waals surface area contributed by atoms with Crippen LogP contribution in [0.2, 0.25) is 0 Å². The molecule has 2 N–H and O–H groups in total. The summed E-state index contributed by atoms with van der Waals surface area (Å²) >= 11 is 0. The lowest BCUT2D eigenvalue weighted by Crippen LogP contribution is -2.54. The van der Waals surface area contributed by atoms with Gasteiger partial charge in [0.25, 0.3) is 5.91 Å². The summed E-state index contributed by atoms with van der Waals surface area (Å²) in [6.07, 6.45) is 0.819. The summed E-state index contributed by atoms with van der Waals surface area (Å²) in [6.45, 7) is 5.71. The highest BCUT2D eigenvalue weighted by Gasteiger charge is 2.29. The summed E-state index contributed by atoms with van der Waals surface area (Å²) in [5, 5.41) is 5.30. The Labute approximate surface area is 112 Å². The van der Waals surface area contributed by atoms with Gasteiger partial charge in [-0.15, -0.1) is 0 Å². The second-order valence-corrected chi connectivity index (χ2v) is 4.85. The topological polar surface area (TPSA) is 58.2 Å². The lowest BCUT2D eigenvalue weighted by atomic mass is 10.0. The minimum Gasteiger partial charge on any atom is -0.354 e. The van der Waals surface area contributed by atoms with Crippen LogP contribution in [0.25, 0.3) is 0 Å². The van der Waals surface area contributed by atoms with Gasteiger partial charge in [-0.2, -0.15) is 0 Å². The van der Waals surface area contributed by atoms with Gasteiger partial charge in [0.1, 0.15) is 11.4 Å². The van der Waals surface area contributed by atoms with Crippen molar-refractivity contribution in [3.8, 4) is 0 Å². The first kappa shape index (κ1) is 15.1. The summed E-state index contributed by atoms with van der Waals surface area (Å²) in [7, 11) is 0. The maximum atomic E-state index is 13.0. The van der Waals surface area contributed by atoms with Gasteiger partial charge in [0.05, 0.1) is 0 Å². The number of rotatable bonds is 5. The molecule has 0 aromatic heterocycles. The van der Waals surface area contributed by atoms with Gasteiger partial charge in [-0.05, 0) is 38.5 Å². The molecule has 0 atom stereocenters. The predicted octanol–water partition coefficient (Wildman–Crippen LogP) is 1.86. The molecular formula is C14H19FN2O2. The Morgan fingerprint density at radius 2 is 2.00 bits per heavy atom. The molecule has 0 aliphatic rings. The number of hydrogen-bond acceptors (Lipinski definition) is 2. The van der Waals surface area contributed by atoms with Crippen LogP contribution in [0, 0.1) is 5.82 Å². The van der Waals surface area contributed by atoms with Crippen LogP contribution in [0.15, 0.2) is 24.3 Å². The van der Waals surface area contributed by atoms with Crippen LogP contribution in [0.3, 0.4) is 0 Å². The average Bonchev–Trinajstić information content (AvgIpc) is 2.35. The quantitative estimate of drug-likeness (QED) is 0.854. The highest BCUT2D eigenvalue weighted by Crippen LogP contribution is 2.08. The zero-order chi connectivity index (χ0) is 14.5. The molecule has 0 spiro atoms. The largest absolute Gasteiger partial charge is 0.354 e. The fourth-order valence-corrected chi connectivity index (χ4v) is 1.50. The van der Waals surface area contributed by atoms with Crippen LogP contribution in [0.1, 0.15) is 37.6 Å². The van der Waals surface area contributed by atoms with Crippen LogP contribution in [-0.2, 0) is 4.79 Å². The third kappa shape index (κ3) is 4.35. The van der Waals surface area contributed by atoms with Gasteiger partial charge in [-0.25, -0.2) is 4.39 Å². The van der Waals surface area contributed by atoms with Crippen molar-refractivity contribution in [1.29, 1.82) is 0 Å². The SMILES string of the molecule is CCCNC(=O)C(C)(C)NC(=O)c1cccc(F)c1. The lowest BCUT2D eigenvalue weighted by molar-refractivity contribution is -0.126. The first-order chi connectivity index (χ1) is 8.86. The zero-order valence-electron chi connectivity index (χ0n) is 11.4. The van der Waals surface area contributed by atoms with E-state index in [1.54, 1.807) is 13.8 Å². The normalized spacial score (nSPS) is 10.9. The smallest absolute Gasteiger partial charge is 0.252 e. The third-order valence-corrected chi connectivity index (χ3v) is 2.62. The Morgan fingerprint density at radius 3 is 2.58 bits per heavy atom. The number of carbonyl (C=O) groups is 2. The van der Waals surface area contributed by atoms with E-state index in [9.17, 15) is 14.0 Å². The predicted molar refractivity (Wildman–Crippen MR) is 71.2 cm³/mol. The minimum absolute atomic E-state index is 0.191. The Hall–Kier alpha value is -1.91. The van der Waals surface area contributed by atoms with E-state index >= 15 is 0 Å². The molecule has 0 bridgehead atoms. The Morgan fingerprint density at radius 1 is 1.32 bits per heavy atom. The van der Waals surface area contributed by atoms with Crippen molar-refractivity contribution >= 4 is 11.8 Å². The molecule has 0 saturated carbocycles. The van der Waals surface area contributed by atoms with Crippen molar-refractivity contribution < 1.29 is 14.0 Å². The van der Waals surface area contributed by atoms with Gasteiger partial charge in [-0.1, -0.05) is 13.0 Å². The summed E-state index contributed by atoms with van der Waals surface area (Å²) in [4.78, 5) is 23.8. The molecule has 5 heteroatoms. The number of halogens is 1. The fraction of sp³-hybridized carbons (Fsp3) is 0.429. The highest BCUT2D eigenvalue weighted by atomic mass is 19.1. The van der Waals surface area contributed by atoms with Gasteiger partial charge in [0.15, 0.2) is 0 Å². The molecule has 0 saturated heterocycles. The van der Waals surface area contributed by atoms with E-state index in [2.05, 4.69) is 10.6 Å². The molecule has 2 amide bonds. The number of carbonyl (C=O) groups excluding carboxylic acids is 2. The molecule has 0 radical (unpaired) electrons. The first-order valence-corrected chi connectivity index (χ1v) is 6.23. The summed E-state index contributed by atoms with van der Waals surface area (Å²) in [6, 6.07) is 5.35. The Bertz CT molecular complexity index is 472. The van der Waals surface area contributed by atoms with Gasteiger partial charge in [0.2, 0.25) is 5.91 Å². The van der Waals surface area contributed by atoms with Crippen LogP contribution >= 0.6 is 0 Å². The third-order valence-electron chi connectivity index (χ3n) is 2.62. The van der Waals surface area contributed by atoms with Crippen LogP contribution < -0.4 is 10.6 Å². The molecule has 0 fully saturated rings. The standard InChI is InChI=1S/C14H19FN2O2/c1-4-8-16-13(19)14(2,3)17-12(18)10-6-5-7-11(15)9-10/h5-7,9H,4,8H2,1-3H3,(H,16,19)(H,17,18). The molecular weight excluding hydrogens is 247 g/mol. The number of hydrogen-bond donors (Lipinski definition) is 2. The van der Waals surface area contributed by atoms with Gasteiger partial charge in [-0.3, -0.25) is 9.59 Å². The second kappa shape index (κ2) is 6.31. The molecule has 19 heavy (non-hydrogen) atoms. The van der Waals surface area contributed by atoms with Crippen LogP contribution in [0.4, 0.5) is 4.39 Å². The Kier molecular flexibility index (Phi) is 5.03. The van der Waals surface area contributed by atoms with Crippen molar-refractivity contribution in [2.45, 2.75) is 32.7 Å². The monoisotopic (exact) mass is 266 g/mol. The average molecular weight is 266 g/mol. The van der Waals surface area contributed by atoms with E-state index in [4.69, 9.17) is 0 Å². The van der Waals surface area contributed by atoms with E-state index in [0.29, 0.717) is 6.54 Å². The minimum atomic E-state index is -1.04. The molecule has 4 nitrogen and oxygen atoms in total. The number of nitrogens with one attached hydrogen (secondary N) is 2. The molecule has 1 aromatic carbocycles. The van der Waals surface area contributed by atoms with Crippen molar-refractivity contribution in [2.75, 3.05) is 6.54 Å². The van der Waals surface area contributed by atoms with Crippen molar-refractivity contribution in [3.05, 3.63) is 35.6 Å². The van der Waals surface area contributed by atoms with E-state index in [0.717, 1.165) is 12.5 Å². The molecule has 1 rings (SSSR count). The number of amides is 2. The van der Waals surface area contributed by atoms with Gasteiger partial charge in [0, 0.05) is 12.1 Å². The van der Waals surface area contributed by atoms with Crippen molar-refractivity contribution in [2.24, 2.45) is 0 Å². The summed E-state index contributed by atoms with van der Waals surface area (Å²) in [5.74, 6) is -1.23. The molecule has 1 aromatic rings. The molecule has 0 aliphatic heterocycles. The molecule has 0 unspecified atom stereocenters. The maximum absolute atomic E-state index is 13.0. The van der Waals surface area contributed by atoms with E-state index in [1.165, 1.54) is 18.2 Å². The summed E-state index contributed by atoms with van der Waals surface area (Å²) in [5.41, 5.74) is -0.852. The lowest BCUT2D eigenvalue weighted by Gasteiger charge is -2.25. The first-order valence-electron chi connectivity index (χ1n) is 6.23. The molecule has 104 valence electrons. The van der Waals surface area contributed by atoms with E-state index in [-0.39, 0.29) is 11.5 Å². The van der Waals surface area contributed by atoms with Gasteiger partial charge >= 0.3 is 0 Å².